The number of carbonyl (C=O) groups is 1. The number of amides is 1. The fourth-order valence-corrected chi connectivity index (χ4v) is 2.86. The van der Waals surface area contributed by atoms with Gasteiger partial charge >= 0.3 is 0 Å². The van der Waals surface area contributed by atoms with Crippen LogP contribution in [0.15, 0.2) is 52.9 Å². The number of pyridine rings is 1. The molecule has 0 spiro atoms. The molecule has 0 saturated carbocycles. The van der Waals surface area contributed by atoms with Crippen LogP contribution in [-0.2, 0) is 16.0 Å². The van der Waals surface area contributed by atoms with Crippen molar-refractivity contribution in [1.29, 1.82) is 0 Å². The quantitative estimate of drug-likeness (QED) is 0.513. The molecule has 1 aliphatic heterocycles. The van der Waals surface area contributed by atoms with Crippen molar-refractivity contribution in [3.8, 4) is 0 Å². The molecule has 0 radical (unpaired) electrons. The molecule has 0 saturated heterocycles. The average molecular weight is 433 g/mol. The highest BCUT2D eigenvalue weighted by atomic mass is 35.5. The zero-order valence-electron chi connectivity index (χ0n) is 16.5. The van der Waals surface area contributed by atoms with E-state index in [0.717, 1.165) is 11.3 Å². The van der Waals surface area contributed by atoms with Gasteiger partial charge < -0.3 is 20.5 Å². The zero-order chi connectivity index (χ0) is 21.5. The number of aliphatic imine (C=N–C) groups is 1. The Bertz CT molecular complexity index is 977. The molecule has 0 atom stereocenters. The summed E-state index contributed by atoms with van der Waals surface area (Å²) in [6, 6.07) is 7.30. The van der Waals surface area contributed by atoms with E-state index in [9.17, 15) is 9.18 Å². The van der Waals surface area contributed by atoms with Crippen molar-refractivity contribution in [2.24, 2.45) is 10.7 Å². The topological polar surface area (TPSA) is 98.8 Å². The standard InChI is InChI=1S/C21H22ClFN4O3/c1-13-11-29-7-6-19(13)30-12-20(24)26-9-14-8-16(3-4-17(14)23)27-21(28)18-5-2-15(22)10-25-18/h2-5,8,10H,6-7,9,11-12H2,1H3,(H2,24,26)(H,27,28). The number of hydrogen-bond donors (Lipinski definition) is 2. The zero-order valence-corrected chi connectivity index (χ0v) is 17.2. The summed E-state index contributed by atoms with van der Waals surface area (Å²) in [5.41, 5.74) is 7.83. The number of nitrogens with one attached hydrogen (secondary N) is 1. The van der Waals surface area contributed by atoms with E-state index in [1.54, 1.807) is 6.07 Å². The molecule has 1 aliphatic rings. The number of halogens is 2. The molecule has 2 heterocycles. The van der Waals surface area contributed by atoms with Gasteiger partial charge in [0.1, 0.15) is 29.7 Å². The third-order valence-corrected chi connectivity index (χ3v) is 4.60. The predicted octanol–water partition coefficient (Wildman–Crippen LogP) is 3.69. The molecule has 30 heavy (non-hydrogen) atoms. The Labute approximate surface area is 178 Å². The Kier molecular flexibility index (Phi) is 7.37. The fraction of sp³-hybridized carbons (Fsp3) is 0.286. The summed E-state index contributed by atoms with van der Waals surface area (Å²) in [5, 5.41) is 3.10. The third-order valence-electron chi connectivity index (χ3n) is 4.38. The van der Waals surface area contributed by atoms with Gasteiger partial charge in [-0.15, -0.1) is 0 Å². The first-order valence-corrected chi connectivity index (χ1v) is 9.69. The van der Waals surface area contributed by atoms with E-state index in [1.807, 2.05) is 6.92 Å². The molecule has 9 heteroatoms. The van der Waals surface area contributed by atoms with Crippen LogP contribution in [0.3, 0.4) is 0 Å². The van der Waals surface area contributed by atoms with Crippen LogP contribution in [0.4, 0.5) is 10.1 Å². The number of ether oxygens (including phenoxy) is 2. The second kappa shape index (κ2) is 10.2. The van der Waals surface area contributed by atoms with Crippen LogP contribution < -0.4 is 11.1 Å². The monoisotopic (exact) mass is 432 g/mol. The first-order valence-electron chi connectivity index (χ1n) is 9.31. The van der Waals surface area contributed by atoms with Crippen molar-refractivity contribution >= 4 is 29.0 Å². The summed E-state index contributed by atoms with van der Waals surface area (Å²) in [6.45, 7) is 3.23. The highest BCUT2D eigenvalue weighted by Gasteiger charge is 2.12. The molecule has 0 fully saturated rings. The summed E-state index contributed by atoms with van der Waals surface area (Å²) < 4.78 is 25.2. The lowest BCUT2D eigenvalue weighted by atomic mass is 10.2. The first kappa shape index (κ1) is 21.7. The minimum Gasteiger partial charge on any atom is -0.490 e. The Balaban J connectivity index is 1.61. The van der Waals surface area contributed by atoms with Gasteiger partial charge in [-0.25, -0.2) is 9.37 Å². The minimum absolute atomic E-state index is 0.0189. The lowest BCUT2D eigenvalue weighted by Gasteiger charge is -2.18. The minimum atomic E-state index is -0.446. The van der Waals surface area contributed by atoms with Crippen molar-refractivity contribution < 1.29 is 18.7 Å². The van der Waals surface area contributed by atoms with Crippen LogP contribution in [0.1, 0.15) is 29.4 Å². The van der Waals surface area contributed by atoms with Crippen molar-refractivity contribution in [3.63, 3.8) is 0 Å². The van der Waals surface area contributed by atoms with Crippen LogP contribution in [0.5, 0.6) is 0 Å². The van der Waals surface area contributed by atoms with E-state index in [4.69, 9.17) is 26.8 Å². The summed E-state index contributed by atoms with van der Waals surface area (Å²) in [5.74, 6) is 0.228. The molecule has 3 N–H and O–H groups in total. The van der Waals surface area contributed by atoms with Crippen LogP contribution in [0.2, 0.25) is 5.02 Å². The molecule has 7 nitrogen and oxygen atoms in total. The van der Waals surface area contributed by atoms with Gasteiger partial charge in [0, 0.05) is 23.9 Å². The van der Waals surface area contributed by atoms with Crippen LogP contribution in [0.25, 0.3) is 0 Å². The average Bonchev–Trinajstić information content (AvgIpc) is 2.74. The van der Waals surface area contributed by atoms with E-state index < -0.39 is 11.7 Å². The van der Waals surface area contributed by atoms with Gasteiger partial charge in [0.15, 0.2) is 0 Å². The molecule has 158 valence electrons. The highest BCUT2D eigenvalue weighted by molar-refractivity contribution is 6.30. The first-order chi connectivity index (χ1) is 14.4. The maximum atomic E-state index is 14.2. The lowest BCUT2D eigenvalue weighted by Crippen LogP contribution is -2.21. The lowest BCUT2D eigenvalue weighted by molar-refractivity contribution is 0.102. The Morgan fingerprint density at radius 3 is 2.97 bits per heavy atom. The molecule has 2 aromatic rings. The predicted molar refractivity (Wildman–Crippen MR) is 113 cm³/mol. The van der Waals surface area contributed by atoms with Crippen LogP contribution >= 0.6 is 11.6 Å². The number of amidine groups is 1. The molecule has 3 rings (SSSR count). The molecular formula is C21H22ClFN4O3. The second-order valence-electron chi connectivity index (χ2n) is 6.72. The molecule has 0 unspecified atom stereocenters. The van der Waals surface area contributed by atoms with Crippen molar-refractivity contribution in [2.45, 2.75) is 19.9 Å². The van der Waals surface area contributed by atoms with E-state index >= 15 is 0 Å². The SMILES string of the molecule is CC1=C(OC/C(N)=N\Cc2cc(NC(=O)c3ccc(Cl)cn3)ccc2F)CCOC1. The van der Waals surface area contributed by atoms with Gasteiger partial charge in [0.05, 0.1) is 24.8 Å². The number of nitrogens with two attached hydrogens (primary N) is 1. The molecule has 1 amide bonds. The molecular weight excluding hydrogens is 411 g/mol. The van der Waals surface area contributed by atoms with Crippen LogP contribution in [-0.4, -0.2) is 36.5 Å². The molecule has 1 aromatic heterocycles. The van der Waals surface area contributed by atoms with E-state index in [1.165, 1.54) is 30.5 Å². The van der Waals surface area contributed by atoms with E-state index in [0.29, 0.717) is 35.9 Å². The highest BCUT2D eigenvalue weighted by Crippen LogP contribution is 2.18. The van der Waals surface area contributed by atoms with Gasteiger partial charge in [0.2, 0.25) is 0 Å². The molecule has 0 bridgehead atoms. The van der Waals surface area contributed by atoms with Crippen molar-refractivity contribution in [2.75, 3.05) is 25.1 Å². The summed E-state index contributed by atoms with van der Waals surface area (Å²) >= 11 is 5.77. The maximum absolute atomic E-state index is 14.2. The number of benzene rings is 1. The summed E-state index contributed by atoms with van der Waals surface area (Å²) in [7, 11) is 0. The Morgan fingerprint density at radius 2 is 2.23 bits per heavy atom. The maximum Gasteiger partial charge on any atom is 0.274 e. The number of nitrogens with zero attached hydrogens (tertiary/aromatic N) is 2. The van der Waals surface area contributed by atoms with E-state index in [2.05, 4.69) is 15.3 Å². The number of hydrogen-bond acceptors (Lipinski definition) is 5. The number of aromatic nitrogens is 1. The van der Waals surface area contributed by atoms with E-state index in [-0.39, 0.29) is 24.7 Å². The van der Waals surface area contributed by atoms with Crippen molar-refractivity contribution in [1.82, 2.24) is 4.98 Å². The van der Waals surface area contributed by atoms with Crippen LogP contribution in [0, 0.1) is 5.82 Å². The fourth-order valence-electron chi connectivity index (χ4n) is 2.75. The number of carbonyl (C=O) groups excluding carboxylic acids is 1. The second-order valence-corrected chi connectivity index (χ2v) is 7.16. The number of rotatable bonds is 7. The smallest absolute Gasteiger partial charge is 0.274 e. The number of anilines is 1. The van der Waals surface area contributed by atoms with Gasteiger partial charge in [-0.05, 0) is 42.8 Å². The van der Waals surface area contributed by atoms with Crippen molar-refractivity contribution in [3.05, 3.63) is 70.0 Å². The van der Waals surface area contributed by atoms with Gasteiger partial charge in [-0.1, -0.05) is 11.6 Å². The van der Waals surface area contributed by atoms with Gasteiger partial charge in [-0.2, -0.15) is 0 Å². The third kappa shape index (κ3) is 6.01. The van der Waals surface area contributed by atoms with Gasteiger partial charge in [-0.3, -0.25) is 9.79 Å². The summed E-state index contributed by atoms with van der Waals surface area (Å²) in [4.78, 5) is 20.4. The Morgan fingerprint density at radius 1 is 1.40 bits per heavy atom. The Hall–Kier alpha value is -2.97. The molecule has 0 aliphatic carbocycles. The normalized spacial score (nSPS) is 14.6. The largest absolute Gasteiger partial charge is 0.490 e. The summed E-state index contributed by atoms with van der Waals surface area (Å²) in [6.07, 6.45) is 2.07. The molecule has 1 aromatic carbocycles. The van der Waals surface area contributed by atoms with Gasteiger partial charge in [0.25, 0.3) is 5.91 Å².